The Morgan fingerprint density at radius 2 is 1.92 bits per heavy atom. The zero-order valence-electron chi connectivity index (χ0n) is 14.1. The van der Waals surface area contributed by atoms with Gasteiger partial charge in [0.05, 0.1) is 28.5 Å². The van der Waals surface area contributed by atoms with Gasteiger partial charge >= 0.3 is 5.97 Å². The molecule has 7 heteroatoms. The molecule has 0 unspecified atom stereocenters. The van der Waals surface area contributed by atoms with Crippen molar-refractivity contribution in [1.82, 2.24) is 15.0 Å². The molecule has 0 saturated heterocycles. The van der Waals surface area contributed by atoms with E-state index in [1.165, 1.54) is 18.2 Å². The molecule has 3 aromatic rings. The van der Waals surface area contributed by atoms with Gasteiger partial charge in [-0.05, 0) is 44.2 Å². The maximum atomic E-state index is 13.2. The molecule has 2 aromatic heterocycles. The SMILES string of the molecule is CC(C)N(C)c1nc2cc(C(=O)O)ccc2nc1-c1ccc(F)cn1. The molecule has 3 rings (SSSR count). The Hall–Kier alpha value is -3.09. The smallest absolute Gasteiger partial charge is 0.335 e. The molecule has 0 aliphatic rings. The van der Waals surface area contributed by atoms with E-state index in [1.54, 1.807) is 12.1 Å². The van der Waals surface area contributed by atoms with Crippen molar-refractivity contribution >= 4 is 22.8 Å². The number of hydrogen-bond donors (Lipinski definition) is 1. The summed E-state index contributed by atoms with van der Waals surface area (Å²) in [6.45, 7) is 4.00. The number of nitrogens with zero attached hydrogens (tertiary/aromatic N) is 4. The van der Waals surface area contributed by atoms with E-state index < -0.39 is 11.8 Å². The molecule has 0 spiro atoms. The minimum atomic E-state index is -1.02. The second-order valence-electron chi connectivity index (χ2n) is 5.97. The van der Waals surface area contributed by atoms with E-state index in [2.05, 4.69) is 15.0 Å². The Kier molecular flexibility index (Phi) is 4.31. The number of aromatic carboxylic acids is 1. The van der Waals surface area contributed by atoms with Gasteiger partial charge in [0.15, 0.2) is 5.82 Å². The summed E-state index contributed by atoms with van der Waals surface area (Å²) in [6, 6.07) is 7.58. The fraction of sp³-hybridized carbons (Fsp3) is 0.222. The Morgan fingerprint density at radius 1 is 1.16 bits per heavy atom. The van der Waals surface area contributed by atoms with Crippen molar-refractivity contribution in [2.45, 2.75) is 19.9 Å². The number of carboxylic acids is 1. The number of anilines is 1. The van der Waals surface area contributed by atoms with Gasteiger partial charge in [-0.2, -0.15) is 0 Å². The van der Waals surface area contributed by atoms with Gasteiger partial charge in [0, 0.05) is 13.1 Å². The van der Waals surface area contributed by atoms with Crippen molar-refractivity contribution in [1.29, 1.82) is 0 Å². The van der Waals surface area contributed by atoms with Crippen LogP contribution in [0, 0.1) is 5.82 Å². The molecular weight excluding hydrogens is 323 g/mol. The molecule has 0 bridgehead atoms. The maximum Gasteiger partial charge on any atom is 0.335 e. The third-order valence-corrected chi connectivity index (χ3v) is 3.97. The summed E-state index contributed by atoms with van der Waals surface area (Å²) in [7, 11) is 1.87. The summed E-state index contributed by atoms with van der Waals surface area (Å²) in [5.74, 6) is -0.891. The maximum absolute atomic E-state index is 13.2. The van der Waals surface area contributed by atoms with Crippen molar-refractivity contribution in [3.63, 3.8) is 0 Å². The van der Waals surface area contributed by atoms with E-state index in [-0.39, 0.29) is 11.6 Å². The highest BCUT2D eigenvalue weighted by atomic mass is 19.1. The van der Waals surface area contributed by atoms with Crippen LogP contribution in [0.15, 0.2) is 36.5 Å². The average Bonchev–Trinajstić information content (AvgIpc) is 2.60. The molecule has 1 N–H and O–H groups in total. The summed E-state index contributed by atoms with van der Waals surface area (Å²) in [4.78, 5) is 26.4. The fourth-order valence-corrected chi connectivity index (χ4v) is 2.36. The quantitative estimate of drug-likeness (QED) is 0.784. The highest BCUT2D eigenvalue weighted by Crippen LogP contribution is 2.29. The van der Waals surface area contributed by atoms with Crippen LogP contribution in [0.1, 0.15) is 24.2 Å². The second-order valence-corrected chi connectivity index (χ2v) is 5.97. The van der Waals surface area contributed by atoms with Crippen LogP contribution in [-0.4, -0.2) is 39.1 Å². The van der Waals surface area contributed by atoms with E-state index in [1.807, 2.05) is 25.8 Å². The molecule has 0 aliphatic heterocycles. The summed E-state index contributed by atoms with van der Waals surface area (Å²) in [5, 5.41) is 9.17. The molecule has 0 radical (unpaired) electrons. The molecule has 2 heterocycles. The highest BCUT2D eigenvalue weighted by molar-refractivity contribution is 5.93. The molecule has 25 heavy (non-hydrogen) atoms. The lowest BCUT2D eigenvalue weighted by molar-refractivity contribution is 0.0697. The van der Waals surface area contributed by atoms with Gasteiger partial charge in [-0.3, -0.25) is 4.98 Å². The van der Waals surface area contributed by atoms with Crippen LogP contribution < -0.4 is 4.90 Å². The van der Waals surface area contributed by atoms with E-state index in [9.17, 15) is 9.18 Å². The molecule has 0 saturated carbocycles. The predicted molar refractivity (Wildman–Crippen MR) is 93.2 cm³/mol. The van der Waals surface area contributed by atoms with Crippen molar-refractivity contribution in [3.05, 3.63) is 47.9 Å². The van der Waals surface area contributed by atoms with Gasteiger partial charge in [0.2, 0.25) is 0 Å². The van der Waals surface area contributed by atoms with Crippen molar-refractivity contribution in [3.8, 4) is 11.4 Å². The number of benzene rings is 1. The molecule has 0 fully saturated rings. The lowest BCUT2D eigenvalue weighted by Gasteiger charge is -2.24. The number of pyridine rings is 1. The van der Waals surface area contributed by atoms with Gasteiger partial charge in [-0.25, -0.2) is 19.2 Å². The van der Waals surface area contributed by atoms with E-state index in [0.29, 0.717) is 28.2 Å². The highest BCUT2D eigenvalue weighted by Gasteiger charge is 2.18. The average molecular weight is 340 g/mol. The first-order chi connectivity index (χ1) is 11.9. The topological polar surface area (TPSA) is 79.2 Å². The van der Waals surface area contributed by atoms with Crippen LogP contribution in [-0.2, 0) is 0 Å². The monoisotopic (exact) mass is 340 g/mol. The zero-order valence-corrected chi connectivity index (χ0v) is 14.1. The normalized spacial score (nSPS) is 11.1. The summed E-state index contributed by atoms with van der Waals surface area (Å²) in [5.41, 5.74) is 2.19. The number of fused-ring (bicyclic) bond motifs is 1. The van der Waals surface area contributed by atoms with Gasteiger partial charge in [-0.15, -0.1) is 0 Å². The standard InChI is InChI=1S/C18H17FN4O2/c1-10(2)23(3)17-16(14-7-5-12(19)9-20-14)21-13-6-4-11(18(24)25)8-15(13)22-17/h4-10H,1-3H3,(H,24,25). The Bertz CT molecular complexity index is 942. The molecule has 1 aromatic carbocycles. The Balaban J connectivity index is 2.26. The van der Waals surface area contributed by atoms with Gasteiger partial charge in [0.1, 0.15) is 11.5 Å². The molecule has 0 amide bonds. The molecule has 0 atom stereocenters. The number of rotatable bonds is 4. The van der Waals surface area contributed by atoms with E-state index in [4.69, 9.17) is 5.11 Å². The van der Waals surface area contributed by atoms with Crippen molar-refractivity contribution in [2.24, 2.45) is 0 Å². The lowest BCUT2D eigenvalue weighted by atomic mass is 10.1. The number of hydrogen-bond acceptors (Lipinski definition) is 5. The van der Waals surface area contributed by atoms with Crippen molar-refractivity contribution in [2.75, 3.05) is 11.9 Å². The third kappa shape index (κ3) is 3.26. The van der Waals surface area contributed by atoms with Gasteiger partial charge in [-0.1, -0.05) is 0 Å². The minimum absolute atomic E-state index is 0.133. The van der Waals surface area contributed by atoms with Crippen LogP contribution in [0.3, 0.4) is 0 Å². The largest absolute Gasteiger partial charge is 0.478 e. The van der Waals surface area contributed by atoms with Crippen LogP contribution in [0.25, 0.3) is 22.4 Å². The minimum Gasteiger partial charge on any atom is -0.478 e. The van der Waals surface area contributed by atoms with E-state index in [0.717, 1.165) is 6.20 Å². The van der Waals surface area contributed by atoms with E-state index >= 15 is 0 Å². The van der Waals surface area contributed by atoms with Crippen LogP contribution >= 0.6 is 0 Å². The third-order valence-electron chi connectivity index (χ3n) is 3.97. The predicted octanol–water partition coefficient (Wildman–Crippen LogP) is 3.37. The number of halogens is 1. The number of aromatic nitrogens is 3. The van der Waals surface area contributed by atoms with Gasteiger partial charge in [0.25, 0.3) is 0 Å². The number of carboxylic acid groups (broad SMARTS) is 1. The molecule has 6 nitrogen and oxygen atoms in total. The summed E-state index contributed by atoms with van der Waals surface area (Å²) in [6.07, 6.45) is 1.13. The van der Waals surface area contributed by atoms with Gasteiger partial charge < -0.3 is 10.0 Å². The second kappa shape index (κ2) is 6.43. The fourth-order valence-electron chi connectivity index (χ4n) is 2.36. The zero-order chi connectivity index (χ0) is 18.1. The first kappa shape index (κ1) is 16.8. The summed E-state index contributed by atoms with van der Waals surface area (Å²) < 4.78 is 13.2. The Morgan fingerprint density at radius 3 is 2.52 bits per heavy atom. The first-order valence-electron chi connectivity index (χ1n) is 7.76. The molecule has 0 aliphatic carbocycles. The summed E-state index contributed by atoms with van der Waals surface area (Å²) >= 11 is 0. The van der Waals surface area contributed by atoms with Crippen LogP contribution in [0.5, 0.6) is 0 Å². The van der Waals surface area contributed by atoms with Crippen LogP contribution in [0.2, 0.25) is 0 Å². The number of carbonyl (C=O) groups is 1. The Labute approximate surface area is 144 Å². The molecule has 128 valence electrons. The molecular formula is C18H17FN4O2. The van der Waals surface area contributed by atoms with Crippen molar-refractivity contribution < 1.29 is 14.3 Å². The first-order valence-corrected chi connectivity index (χ1v) is 7.76. The van der Waals surface area contributed by atoms with Crippen LogP contribution in [0.4, 0.5) is 10.2 Å². The lowest BCUT2D eigenvalue weighted by Crippen LogP contribution is -2.27.